The third-order valence-corrected chi connectivity index (χ3v) is 9.89. The maximum Gasteiger partial charge on any atom is 0.316 e. The van der Waals surface area contributed by atoms with Gasteiger partial charge in [-0.15, -0.1) is 6.58 Å². The molecule has 6 atom stereocenters. The van der Waals surface area contributed by atoms with Crippen LogP contribution >= 0.6 is 0 Å². The SMILES string of the molecule is C=CCNC(=O)C(=O)C(CCC)NC(=O)[C@@H]1[C@@H]2[C@H](CN1C(=O)[C@@H](NC(=O)N[C@H](C(=O)c1ccc(N(C)C)cc1)C(C)C)C(C)(C)C)C2(C)C. The van der Waals surface area contributed by atoms with Crippen LogP contribution in [0.15, 0.2) is 36.9 Å². The molecule has 0 radical (unpaired) electrons. The summed E-state index contributed by atoms with van der Waals surface area (Å²) in [5.41, 5.74) is 0.424. The molecule has 1 saturated carbocycles. The molecule has 2 aliphatic rings. The van der Waals surface area contributed by atoms with Crippen molar-refractivity contribution in [2.75, 3.05) is 32.1 Å². The Balaban J connectivity index is 1.82. The molecule has 2 fully saturated rings. The number of piperidine rings is 1. The van der Waals surface area contributed by atoms with Gasteiger partial charge in [-0.1, -0.05) is 67.9 Å². The molecule has 1 aliphatic heterocycles. The minimum atomic E-state index is -1.05. The first-order valence-corrected chi connectivity index (χ1v) is 17.2. The summed E-state index contributed by atoms with van der Waals surface area (Å²) in [5.74, 6) is -3.09. The highest BCUT2D eigenvalue weighted by Gasteiger charge is 2.70. The molecule has 0 spiro atoms. The molecule has 5 amide bonds. The zero-order chi connectivity index (χ0) is 37.0. The van der Waals surface area contributed by atoms with Gasteiger partial charge < -0.3 is 31.1 Å². The van der Waals surface area contributed by atoms with E-state index in [0.717, 1.165) is 5.69 Å². The van der Waals surface area contributed by atoms with Crippen molar-refractivity contribution in [2.24, 2.45) is 28.6 Å². The van der Waals surface area contributed by atoms with E-state index in [-0.39, 0.29) is 41.9 Å². The van der Waals surface area contributed by atoms with E-state index in [1.807, 2.05) is 86.5 Å². The zero-order valence-corrected chi connectivity index (χ0v) is 30.8. The van der Waals surface area contributed by atoms with Crippen molar-refractivity contribution in [1.29, 1.82) is 0 Å². The van der Waals surface area contributed by atoms with Gasteiger partial charge in [0, 0.05) is 38.4 Å². The molecule has 4 N–H and O–H groups in total. The van der Waals surface area contributed by atoms with E-state index in [4.69, 9.17) is 0 Å². The molecule has 270 valence electrons. The number of carbonyl (C=O) groups is 6. The Hall–Kier alpha value is -4.22. The lowest BCUT2D eigenvalue weighted by atomic mass is 9.85. The molecule has 1 unspecified atom stereocenters. The van der Waals surface area contributed by atoms with Crippen LogP contribution in [0.1, 0.15) is 78.6 Å². The van der Waals surface area contributed by atoms with E-state index in [1.54, 1.807) is 12.1 Å². The van der Waals surface area contributed by atoms with E-state index in [1.165, 1.54) is 11.0 Å². The third-order valence-electron chi connectivity index (χ3n) is 9.89. The highest BCUT2D eigenvalue weighted by Crippen LogP contribution is 2.65. The van der Waals surface area contributed by atoms with Crippen LogP contribution in [-0.2, 0) is 19.2 Å². The highest BCUT2D eigenvalue weighted by atomic mass is 16.2. The fourth-order valence-corrected chi connectivity index (χ4v) is 6.80. The van der Waals surface area contributed by atoms with Gasteiger partial charge >= 0.3 is 6.03 Å². The summed E-state index contributed by atoms with van der Waals surface area (Å²) >= 11 is 0. The Labute approximate surface area is 291 Å². The van der Waals surface area contributed by atoms with Crippen molar-refractivity contribution < 1.29 is 28.8 Å². The van der Waals surface area contributed by atoms with Crippen LogP contribution in [0.3, 0.4) is 0 Å². The molecule has 0 bridgehead atoms. The molecule has 12 heteroatoms. The molecule has 49 heavy (non-hydrogen) atoms. The second-order valence-corrected chi connectivity index (χ2v) is 15.5. The number of hydrogen-bond acceptors (Lipinski definition) is 7. The van der Waals surface area contributed by atoms with Gasteiger partial charge in [0.1, 0.15) is 12.1 Å². The number of Topliss-reactive ketones (excluding diaryl/α,β-unsaturated/α-hetero) is 2. The molecule has 1 aromatic carbocycles. The van der Waals surface area contributed by atoms with E-state index in [0.29, 0.717) is 18.5 Å². The van der Waals surface area contributed by atoms with Gasteiger partial charge in [0.15, 0.2) is 5.78 Å². The zero-order valence-electron chi connectivity index (χ0n) is 30.8. The third kappa shape index (κ3) is 8.88. The second kappa shape index (κ2) is 15.6. The lowest BCUT2D eigenvalue weighted by molar-refractivity contribution is -0.145. The number of carbonyl (C=O) groups excluding carboxylic acids is 6. The summed E-state index contributed by atoms with van der Waals surface area (Å²) in [5, 5.41) is 10.9. The van der Waals surface area contributed by atoms with E-state index in [9.17, 15) is 28.8 Å². The smallest absolute Gasteiger partial charge is 0.316 e. The maximum absolute atomic E-state index is 14.3. The molecule has 3 rings (SSSR count). The fourth-order valence-electron chi connectivity index (χ4n) is 6.80. The van der Waals surface area contributed by atoms with Crippen LogP contribution < -0.4 is 26.2 Å². The van der Waals surface area contributed by atoms with Gasteiger partial charge in [-0.25, -0.2) is 4.79 Å². The summed E-state index contributed by atoms with van der Waals surface area (Å²) in [7, 11) is 3.81. The van der Waals surface area contributed by atoms with Crippen molar-refractivity contribution in [2.45, 2.75) is 92.4 Å². The number of benzene rings is 1. The predicted octanol–water partition coefficient (Wildman–Crippen LogP) is 3.31. The molecular formula is C37H56N6O6. The van der Waals surface area contributed by atoms with Crippen LogP contribution in [0.4, 0.5) is 10.5 Å². The van der Waals surface area contributed by atoms with Gasteiger partial charge in [0.05, 0.1) is 12.1 Å². The van der Waals surface area contributed by atoms with Crippen LogP contribution in [0.2, 0.25) is 0 Å². The lowest BCUT2D eigenvalue weighted by Gasteiger charge is -2.38. The average Bonchev–Trinajstić information content (AvgIpc) is 3.34. The van der Waals surface area contributed by atoms with Crippen molar-refractivity contribution in [3.8, 4) is 0 Å². The molecule has 1 aliphatic carbocycles. The van der Waals surface area contributed by atoms with E-state index < -0.39 is 59.1 Å². The number of nitrogens with one attached hydrogen (secondary N) is 4. The van der Waals surface area contributed by atoms with Crippen molar-refractivity contribution >= 4 is 41.0 Å². The molecular weight excluding hydrogens is 624 g/mol. The van der Waals surface area contributed by atoms with Gasteiger partial charge in [0.25, 0.3) is 5.91 Å². The number of anilines is 1. The number of rotatable bonds is 15. The Morgan fingerprint density at radius 3 is 2.14 bits per heavy atom. The second-order valence-electron chi connectivity index (χ2n) is 15.5. The van der Waals surface area contributed by atoms with Gasteiger partial charge in [-0.05, 0) is 59.3 Å². The number of ketones is 2. The van der Waals surface area contributed by atoms with Crippen molar-refractivity contribution in [3.05, 3.63) is 42.5 Å². The van der Waals surface area contributed by atoms with Gasteiger partial charge in [-0.2, -0.15) is 0 Å². The lowest BCUT2D eigenvalue weighted by Crippen LogP contribution is -2.62. The monoisotopic (exact) mass is 680 g/mol. The van der Waals surface area contributed by atoms with Crippen LogP contribution in [0, 0.1) is 28.6 Å². The summed E-state index contributed by atoms with van der Waals surface area (Å²) in [4.78, 5) is 84.2. The summed E-state index contributed by atoms with van der Waals surface area (Å²) in [6.07, 6.45) is 2.26. The Morgan fingerprint density at radius 1 is 1.02 bits per heavy atom. The van der Waals surface area contributed by atoms with E-state index in [2.05, 4.69) is 27.8 Å². The number of fused-ring (bicyclic) bond motifs is 1. The molecule has 1 aromatic rings. The minimum Gasteiger partial charge on any atom is -0.378 e. The maximum atomic E-state index is 14.3. The first kappa shape index (κ1) is 39.2. The molecule has 0 aromatic heterocycles. The first-order chi connectivity index (χ1) is 22.8. The molecule has 1 heterocycles. The Morgan fingerprint density at radius 2 is 1.63 bits per heavy atom. The Kier molecular flexibility index (Phi) is 12.4. The number of amides is 5. The van der Waals surface area contributed by atoms with Crippen LogP contribution in [0.5, 0.6) is 0 Å². The van der Waals surface area contributed by atoms with E-state index >= 15 is 0 Å². The first-order valence-electron chi connectivity index (χ1n) is 17.2. The van der Waals surface area contributed by atoms with Gasteiger partial charge in [-0.3, -0.25) is 24.0 Å². The normalized spacial score (nSPS) is 21.0. The fraction of sp³-hybridized carbons (Fsp3) is 0.622. The minimum absolute atomic E-state index is 0.0553. The Bertz CT molecular complexity index is 1430. The molecule has 1 saturated heterocycles. The van der Waals surface area contributed by atoms with Crippen molar-refractivity contribution in [3.63, 3.8) is 0 Å². The number of nitrogens with zero attached hydrogens (tertiary/aromatic N) is 2. The summed E-state index contributed by atoms with van der Waals surface area (Å²) in [6.45, 7) is 19.1. The van der Waals surface area contributed by atoms with Crippen LogP contribution in [0.25, 0.3) is 0 Å². The number of likely N-dealkylation sites (tertiary alicyclic amines) is 1. The average molecular weight is 681 g/mol. The predicted molar refractivity (Wildman–Crippen MR) is 190 cm³/mol. The molecule has 12 nitrogen and oxygen atoms in total. The number of hydrogen-bond donors (Lipinski definition) is 4. The quantitative estimate of drug-likeness (QED) is 0.126. The van der Waals surface area contributed by atoms with Gasteiger partial charge in [0.2, 0.25) is 17.6 Å². The largest absolute Gasteiger partial charge is 0.378 e. The van der Waals surface area contributed by atoms with Crippen LogP contribution in [-0.4, -0.2) is 91.6 Å². The van der Waals surface area contributed by atoms with Crippen molar-refractivity contribution in [1.82, 2.24) is 26.2 Å². The number of urea groups is 1. The summed E-state index contributed by atoms with van der Waals surface area (Å²) in [6, 6.07) is 2.64. The highest BCUT2D eigenvalue weighted by molar-refractivity contribution is 6.38. The topological polar surface area (TPSA) is 157 Å². The standard InChI is InChI=1S/C37H56N6O6/c1-12-14-25(30(45)33(47)38-19-13-2)39-32(46)28-26-24(37(26,8)9)20-43(28)34(48)31(36(5,6)7)41-35(49)40-27(21(3)4)29(44)22-15-17-23(18-16-22)42(10)11/h13,15-18,21,24-28,31H,2,12,14,19-20H2,1,3-11H3,(H,38,47)(H,39,46)(H2,40,41,49)/t24-,25?,26-,27-,28-,31+/m0/s1. The summed E-state index contributed by atoms with van der Waals surface area (Å²) < 4.78 is 0.